The number of urea groups is 1. The van der Waals surface area contributed by atoms with Gasteiger partial charge in [0.1, 0.15) is 11.6 Å². The van der Waals surface area contributed by atoms with Crippen molar-refractivity contribution < 1.29 is 29.4 Å². The quantitative estimate of drug-likeness (QED) is 0.428. The number of rotatable bonds is 6. The van der Waals surface area contributed by atoms with Crippen molar-refractivity contribution in [3.63, 3.8) is 0 Å². The van der Waals surface area contributed by atoms with Crippen LogP contribution in [0.1, 0.15) is 20.3 Å². The van der Waals surface area contributed by atoms with Gasteiger partial charge >= 0.3 is 12.0 Å². The van der Waals surface area contributed by atoms with Crippen LogP contribution in [-0.2, 0) is 14.4 Å². The number of hydrogen-bond donors (Lipinski definition) is 4. The molecule has 0 unspecified atom stereocenters. The molecule has 1 atom stereocenters. The van der Waals surface area contributed by atoms with E-state index in [9.17, 15) is 19.2 Å². The van der Waals surface area contributed by atoms with Crippen LogP contribution in [0, 0.1) is 0 Å². The Morgan fingerprint density at radius 3 is 2.40 bits per heavy atom. The highest BCUT2D eigenvalue weighted by Crippen LogP contribution is 2.16. The van der Waals surface area contributed by atoms with Crippen molar-refractivity contribution in [3.8, 4) is 0 Å². The SMILES string of the molecule is CC1(C)NC(=O)N(CCC(=O)N[C@H](CO)C(=O)O)C1=O. The molecule has 0 aromatic rings. The van der Waals surface area contributed by atoms with Crippen LogP contribution < -0.4 is 10.6 Å². The minimum absolute atomic E-state index is 0.155. The first-order valence-electron chi connectivity index (χ1n) is 5.96. The van der Waals surface area contributed by atoms with E-state index in [0.717, 1.165) is 4.90 Å². The number of hydrogen-bond acceptors (Lipinski definition) is 5. The summed E-state index contributed by atoms with van der Waals surface area (Å²) in [6, 6.07) is -1.99. The zero-order chi connectivity index (χ0) is 15.5. The van der Waals surface area contributed by atoms with Crippen LogP contribution in [0.5, 0.6) is 0 Å². The lowest BCUT2D eigenvalue weighted by Gasteiger charge is -2.16. The van der Waals surface area contributed by atoms with Crippen molar-refractivity contribution in [2.24, 2.45) is 0 Å². The van der Waals surface area contributed by atoms with Crippen molar-refractivity contribution in [2.75, 3.05) is 13.2 Å². The van der Waals surface area contributed by atoms with E-state index in [1.165, 1.54) is 0 Å². The zero-order valence-corrected chi connectivity index (χ0v) is 11.2. The fourth-order valence-corrected chi connectivity index (χ4v) is 1.69. The van der Waals surface area contributed by atoms with Gasteiger partial charge in [-0.15, -0.1) is 0 Å². The van der Waals surface area contributed by atoms with Crippen molar-refractivity contribution in [1.29, 1.82) is 0 Å². The number of carboxylic acid groups (broad SMARTS) is 1. The molecule has 0 saturated carbocycles. The summed E-state index contributed by atoms with van der Waals surface area (Å²) in [6.07, 6.45) is -0.237. The first-order chi connectivity index (χ1) is 9.19. The summed E-state index contributed by atoms with van der Waals surface area (Å²) in [5, 5.41) is 21.9. The van der Waals surface area contributed by atoms with Gasteiger partial charge in [0.25, 0.3) is 5.91 Å². The third-order valence-corrected chi connectivity index (χ3v) is 2.82. The summed E-state index contributed by atoms with van der Waals surface area (Å²) >= 11 is 0. The van der Waals surface area contributed by atoms with Crippen molar-refractivity contribution in [3.05, 3.63) is 0 Å². The maximum absolute atomic E-state index is 11.8. The maximum atomic E-state index is 11.8. The molecule has 1 aliphatic rings. The molecule has 0 bridgehead atoms. The van der Waals surface area contributed by atoms with Crippen LogP contribution in [0.3, 0.4) is 0 Å². The molecular weight excluding hydrogens is 270 g/mol. The average molecular weight is 287 g/mol. The van der Waals surface area contributed by atoms with E-state index in [2.05, 4.69) is 10.6 Å². The lowest BCUT2D eigenvalue weighted by Crippen LogP contribution is -2.45. The van der Waals surface area contributed by atoms with Gasteiger partial charge in [-0.2, -0.15) is 0 Å². The number of aliphatic hydroxyl groups is 1. The Balaban J connectivity index is 2.52. The van der Waals surface area contributed by atoms with Gasteiger partial charge in [0.15, 0.2) is 0 Å². The van der Waals surface area contributed by atoms with E-state index in [4.69, 9.17) is 10.2 Å². The molecule has 9 nitrogen and oxygen atoms in total. The van der Waals surface area contributed by atoms with Gasteiger partial charge in [-0.25, -0.2) is 9.59 Å². The predicted molar refractivity (Wildman–Crippen MR) is 65.6 cm³/mol. The van der Waals surface area contributed by atoms with E-state index in [1.807, 2.05) is 0 Å². The standard InChI is InChI=1S/C11H17N3O6/c1-11(2)9(19)14(10(20)13-11)4-3-7(16)12-6(5-15)8(17)18/h6,15H,3-5H2,1-2H3,(H,12,16)(H,13,20)(H,17,18)/t6-/m1/s1. The highest BCUT2D eigenvalue weighted by atomic mass is 16.4. The van der Waals surface area contributed by atoms with Gasteiger partial charge in [-0.05, 0) is 13.8 Å². The van der Waals surface area contributed by atoms with E-state index < -0.39 is 42.0 Å². The van der Waals surface area contributed by atoms with Crippen LogP contribution >= 0.6 is 0 Å². The molecule has 0 aromatic heterocycles. The normalized spacial score (nSPS) is 18.6. The molecule has 0 aliphatic carbocycles. The zero-order valence-electron chi connectivity index (χ0n) is 11.2. The molecule has 1 rings (SSSR count). The monoisotopic (exact) mass is 287 g/mol. The van der Waals surface area contributed by atoms with Gasteiger partial charge in [-0.3, -0.25) is 14.5 Å². The number of imide groups is 1. The lowest BCUT2D eigenvalue weighted by molar-refractivity contribution is -0.143. The number of carbonyl (C=O) groups is 4. The fourth-order valence-electron chi connectivity index (χ4n) is 1.69. The summed E-state index contributed by atoms with van der Waals surface area (Å²) in [6.45, 7) is 2.19. The summed E-state index contributed by atoms with van der Waals surface area (Å²) in [7, 11) is 0. The molecule has 4 amide bonds. The minimum atomic E-state index is -1.40. The van der Waals surface area contributed by atoms with Crippen LogP contribution in [0.15, 0.2) is 0 Å². The van der Waals surface area contributed by atoms with Crippen LogP contribution in [0.4, 0.5) is 4.79 Å². The molecule has 20 heavy (non-hydrogen) atoms. The molecule has 1 saturated heterocycles. The molecular formula is C11H17N3O6. The second-order valence-electron chi connectivity index (χ2n) is 4.90. The van der Waals surface area contributed by atoms with Gasteiger partial charge in [0.2, 0.25) is 5.91 Å². The summed E-state index contributed by atoms with van der Waals surface area (Å²) < 4.78 is 0. The Kier molecular flexibility index (Phi) is 4.66. The topological polar surface area (TPSA) is 136 Å². The Bertz CT molecular complexity index is 447. The number of nitrogens with one attached hydrogen (secondary N) is 2. The summed E-state index contributed by atoms with van der Waals surface area (Å²) in [5.74, 6) is -2.49. The molecule has 0 radical (unpaired) electrons. The van der Waals surface area contributed by atoms with Gasteiger partial charge < -0.3 is 20.8 Å². The van der Waals surface area contributed by atoms with E-state index in [0.29, 0.717) is 0 Å². The Labute approximate surface area is 114 Å². The van der Waals surface area contributed by atoms with Crippen LogP contribution in [0.25, 0.3) is 0 Å². The highest BCUT2D eigenvalue weighted by Gasteiger charge is 2.44. The van der Waals surface area contributed by atoms with Crippen LogP contribution in [-0.4, -0.2) is 63.7 Å². The number of nitrogens with zero attached hydrogens (tertiary/aromatic N) is 1. The number of carbonyl (C=O) groups excluding carboxylic acids is 3. The molecule has 9 heteroatoms. The molecule has 1 heterocycles. The first-order valence-corrected chi connectivity index (χ1v) is 5.96. The number of carboxylic acids is 1. The van der Waals surface area contributed by atoms with Crippen LogP contribution in [0.2, 0.25) is 0 Å². The van der Waals surface area contributed by atoms with Crippen molar-refractivity contribution in [1.82, 2.24) is 15.5 Å². The van der Waals surface area contributed by atoms with E-state index in [1.54, 1.807) is 13.8 Å². The molecule has 0 aromatic carbocycles. The Morgan fingerprint density at radius 1 is 1.40 bits per heavy atom. The molecule has 4 N–H and O–H groups in total. The molecule has 112 valence electrons. The fraction of sp³-hybridized carbons (Fsp3) is 0.636. The number of amides is 4. The smallest absolute Gasteiger partial charge is 0.328 e. The van der Waals surface area contributed by atoms with Gasteiger partial charge in [0, 0.05) is 13.0 Å². The maximum Gasteiger partial charge on any atom is 0.328 e. The number of aliphatic hydroxyl groups excluding tert-OH is 1. The Hall–Kier alpha value is -2.16. The van der Waals surface area contributed by atoms with Gasteiger partial charge in [-0.1, -0.05) is 0 Å². The highest BCUT2D eigenvalue weighted by molar-refractivity contribution is 6.06. The minimum Gasteiger partial charge on any atom is -0.480 e. The van der Waals surface area contributed by atoms with E-state index in [-0.39, 0.29) is 13.0 Å². The molecule has 0 spiro atoms. The third-order valence-electron chi connectivity index (χ3n) is 2.82. The third kappa shape index (κ3) is 3.44. The van der Waals surface area contributed by atoms with Crippen molar-refractivity contribution >= 4 is 23.8 Å². The lowest BCUT2D eigenvalue weighted by atomic mass is 10.1. The van der Waals surface area contributed by atoms with Crippen molar-refractivity contribution in [2.45, 2.75) is 31.8 Å². The second kappa shape index (κ2) is 5.87. The predicted octanol–water partition coefficient (Wildman–Crippen LogP) is -1.73. The average Bonchev–Trinajstić information content (AvgIpc) is 2.53. The first kappa shape index (κ1) is 15.9. The molecule has 1 aliphatic heterocycles. The largest absolute Gasteiger partial charge is 0.480 e. The number of aliphatic carboxylic acids is 1. The van der Waals surface area contributed by atoms with Gasteiger partial charge in [0.05, 0.1) is 6.61 Å². The van der Waals surface area contributed by atoms with E-state index >= 15 is 0 Å². The molecule has 1 fully saturated rings. The Morgan fingerprint density at radius 2 is 2.00 bits per heavy atom. The second-order valence-corrected chi connectivity index (χ2v) is 4.90. The summed E-state index contributed by atoms with van der Waals surface area (Å²) in [4.78, 5) is 46.3. The summed E-state index contributed by atoms with van der Waals surface area (Å²) in [5.41, 5.74) is -1.01.